The number of nitrogens with one attached hydrogen (secondary N) is 1. The molecule has 2 bridgehead atoms. The lowest BCUT2D eigenvalue weighted by atomic mass is 10.0. The van der Waals surface area contributed by atoms with Gasteiger partial charge in [-0.2, -0.15) is 5.06 Å². The number of carbonyl (C=O) groups excluding carboxylic acids is 2. The summed E-state index contributed by atoms with van der Waals surface area (Å²) in [5, 5.41) is 4.24. The first-order chi connectivity index (χ1) is 10.1. The van der Waals surface area contributed by atoms with Crippen molar-refractivity contribution in [3.05, 3.63) is 24.3 Å². The summed E-state index contributed by atoms with van der Waals surface area (Å²) in [7, 11) is 0. The molecule has 1 N–H and O–H groups in total. The third-order valence-electron chi connectivity index (χ3n) is 3.80. The minimum Gasteiger partial charge on any atom is -0.354 e. The molecule has 6 heteroatoms. The van der Waals surface area contributed by atoms with Gasteiger partial charge in [0, 0.05) is 6.54 Å². The molecule has 0 radical (unpaired) electrons. The van der Waals surface area contributed by atoms with Crippen LogP contribution in [-0.2, 0) is 9.63 Å². The zero-order valence-electron chi connectivity index (χ0n) is 12.7. The van der Waals surface area contributed by atoms with Crippen LogP contribution in [0.25, 0.3) is 0 Å². The standard InChI is InChI=1S/C15H23N3O3/c1-4-6-7-16-14(19)12-9-11(3)13-10-17(12)15(20)18(13)21-8-5-2/h5,9,12-13H,2,4,6-8,10H2,1,3H3,(H,16,19)/t12-,13-/m0/s1. The van der Waals surface area contributed by atoms with Crippen LogP contribution in [0.5, 0.6) is 0 Å². The van der Waals surface area contributed by atoms with E-state index < -0.39 is 6.04 Å². The van der Waals surface area contributed by atoms with E-state index in [-0.39, 0.29) is 24.6 Å². The van der Waals surface area contributed by atoms with Gasteiger partial charge in [-0.15, -0.1) is 6.58 Å². The highest BCUT2D eigenvalue weighted by Gasteiger charge is 2.47. The number of nitrogens with zero attached hydrogens (tertiary/aromatic N) is 2. The summed E-state index contributed by atoms with van der Waals surface area (Å²) >= 11 is 0. The Balaban J connectivity index is 2.07. The number of hydrogen-bond donors (Lipinski definition) is 1. The van der Waals surface area contributed by atoms with Gasteiger partial charge in [-0.1, -0.05) is 25.5 Å². The number of unbranched alkanes of at least 4 members (excludes halogenated alkanes) is 1. The molecule has 2 heterocycles. The lowest BCUT2D eigenvalue weighted by Crippen LogP contribution is -2.48. The molecule has 0 aromatic rings. The second-order valence-corrected chi connectivity index (χ2v) is 5.36. The predicted octanol–water partition coefficient (Wildman–Crippen LogP) is 1.45. The number of rotatable bonds is 7. The van der Waals surface area contributed by atoms with E-state index in [0.29, 0.717) is 13.1 Å². The van der Waals surface area contributed by atoms with Crippen LogP contribution >= 0.6 is 0 Å². The third-order valence-corrected chi connectivity index (χ3v) is 3.80. The van der Waals surface area contributed by atoms with Gasteiger partial charge in [0.05, 0.1) is 19.2 Å². The molecule has 21 heavy (non-hydrogen) atoms. The molecule has 3 amide bonds. The van der Waals surface area contributed by atoms with Gasteiger partial charge >= 0.3 is 6.03 Å². The summed E-state index contributed by atoms with van der Waals surface area (Å²) in [6.45, 7) is 8.98. The summed E-state index contributed by atoms with van der Waals surface area (Å²) in [5.74, 6) is -0.125. The zero-order chi connectivity index (χ0) is 15.4. The highest BCUT2D eigenvalue weighted by molar-refractivity contribution is 5.90. The second kappa shape index (κ2) is 6.76. The van der Waals surface area contributed by atoms with E-state index in [0.717, 1.165) is 18.4 Å². The van der Waals surface area contributed by atoms with Crippen molar-refractivity contribution in [3.8, 4) is 0 Å². The molecule has 6 nitrogen and oxygen atoms in total. The first-order valence-electron chi connectivity index (χ1n) is 7.39. The van der Waals surface area contributed by atoms with Gasteiger partial charge in [0.25, 0.3) is 0 Å². The quantitative estimate of drug-likeness (QED) is 0.571. The van der Waals surface area contributed by atoms with Gasteiger partial charge < -0.3 is 10.2 Å². The average molecular weight is 293 g/mol. The Morgan fingerprint density at radius 2 is 2.38 bits per heavy atom. The van der Waals surface area contributed by atoms with E-state index in [4.69, 9.17) is 4.84 Å². The normalized spacial score (nSPS) is 24.1. The largest absolute Gasteiger partial charge is 0.354 e. The number of hydroxylamine groups is 2. The lowest BCUT2D eigenvalue weighted by molar-refractivity contribution is -0.124. The van der Waals surface area contributed by atoms with Crippen LogP contribution in [-0.4, -0.2) is 53.7 Å². The van der Waals surface area contributed by atoms with Crippen LogP contribution in [0.2, 0.25) is 0 Å². The van der Waals surface area contributed by atoms with E-state index in [2.05, 4.69) is 18.8 Å². The molecule has 1 saturated heterocycles. The fourth-order valence-electron chi connectivity index (χ4n) is 2.60. The molecule has 0 aromatic carbocycles. The summed E-state index contributed by atoms with van der Waals surface area (Å²) < 4.78 is 0. The van der Waals surface area contributed by atoms with E-state index in [1.807, 2.05) is 13.0 Å². The van der Waals surface area contributed by atoms with Crippen molar-refractivity contribution in [1.29, 1.82) is 0 Å². The van der Waals surface area contributed by atoms with E-state index in [1.165, 1.54) is 5.06 Å². The number of carbonyl (C=O) groups is 2. The van der Waals surface area contributed by atoms with Crippen LogP contribution in [0.15, 0.2) is 24.3 Å². The first-order valence-corrected chi connectivity index (χ1v) is 7.39. The Bertz CT molecular complexity index is 461. The number of fused-ring (bicyclic) bond motifs is 2. The smallest absolute Gasteiger partial charge is 0.345 e. The van der Waals surface area contributed by atoms with Crippen molar-refractivity contribution in [2.24, 2.45) is 0 Å². The van der Waals surface area contributed by atoms with E-state index in [9.17, 15) is 9.59 Å². The van der Waals surface area contributed by atoms with Crippen molar-refractivity contribution in [3.63, 3.8) is 0 Å². The average Bonchev–Trinajstić information content (AvgIpc) is 2.75. The molecule has 2 atom stereocenters. The maximum absolute atomic E-state index is 12.4. The molecule has 0 aliphatic carbocycles. The summed E-state index contributed by atoms with van der Waals surface area (Å²) in [6, 6.07) is -0.911. The Kier molecular flexibility index (Phi) is 5.01. The molecule has 116 valence electrons. The Hall–Kier alpha value is -1.82. The van der Waals surface area contributed by atoms with Gasteiger partial charge in [-0.3, -0.25) is 9.63 Å². The predicted molar refractivity (Wildman–Crippen MR) is 79.3 cm³/mol. The SMILES string of the molecule is C=CCON1C(=O)N2C[C@H]1C(C)=C[C@H]2C(=O)NCCCC. The summed E-state index contributed by atoms with van der Waals surface area (Å²) in [4.78, 5) is 31.6. The molecule has 0 saturated carbocycles. The van der Waals surface area contributed by atoms with Crippen molar-refractivity contribution in [2.75, 3.05) is 19.7 Å². The first kappa shape index (κ1) is 15.6. The Morgan fingerprint density at radius 1 is 1.62 bits per heavy atom. The van der Waals surface area contributed by atoms with Crippen molar-refractivity contribution < 1.29 is 14.4 Å². The molecular formula is C15H23N3O3. The van der Waals surface area contributed by atoms with Gasteiger partial charge in [-0.05, 0) is 18.9 Å². The van der Waals surface area contributed by atoms with Crippen LogP contribution in [0.1, 0.15) is 26.7 Å². The maximum Gasteiger partial charge on any atom is 0.345 e. The van der Waals surface area contributed by atoms with Crippen LogP contribution < -0.4 is 5.32 Å². The van der Waals surface area contributed by atoms with Gasteiger partial charge in [0.2, 0.25) is 5.91 Å². The molecule has 2 aliphatic rings. The minimum atomic E-state index is -0.539. The lowest BCUT2D eigenvalue weighted by Gasteiger charge is -2.27. The molecule has 2 rings (SSSR count). The second-order valence-electron chi connectivity index (χ2n) is 5.36. The molecule has 0 spiro atoms. The number of urea groups is 1. The fourth-order valence-corrected chi connectivity index (χ4v) is 2.60. The van der Waals surface area contributed by atoms with Crippen LogP contribution in [0, 0.1) is 0 Å². The van der Waals surface area contributed by atoms with Gasteiger partial charge in [0.1, 0.15) is 6.04 Å². The Labute approximate surface area is 125 Å². The van der Waals surface area contributed by atoms with E-state index >= 15 is 0 Å². The van der Waals surface area contributed by atoms with E-state index in [1.54, 1.807) is 11.0 Å². The Morgan fingerprint density at radius 3 is 3.05 bits per heavy atom. The van der Waals surface area contributed by atoms with Crippen molar-refractivity contribution in [2.45, 2.75) is 38.8 Å². The highest BCUT2D eigenvalue weighted by atomic mass is 16.7. The topological polar surface area (TPSA) is 61.9 Å². The van der Waals surface area contributed by atoms with Crippen molar-refractivity contribution >= 4 is 11.9 Å². The van der Waals surface area contributed by atoms with Crippen molar-refractivity contribution in [1.82, 2.24) is 15.3 Å². The van der Waals surface area contributed by atoms with Gasteiger partial charge in [0.15, 0.2) is 0 Å². The van der Waals surface area contributed by atoms with Crippen LogP contribution in [0.4, 0.5) is 4.79 Å². The monoisotopic (exact) mass is 293 g/mol. The summed E-state index contributed by atoms with van der Waals surface area (Å²) in [6.07, 6.45) is 5.41. The molecule has 2 aliphatic heterocycles. The zero-order valence-corrected chi connectivity index (χ0v) is 12.7. The molecular weight excluding hydrogens is 270 g/mol. The number of amides is 3. The summed E-state index contributed by atoms with van der Waals surface area (Å²) in [5.41, 5.74) is 0.983. The van der Waals surface area contributed by atoms with Crippen LogP contribution in [0.3, 0.4) is 0 Å². The minimum absolute atomic E-state index is 0.114. The molecule has 1 fully saturated rings. The third kappa shape index (κ3) is 3.10. The molecule has 0 aromatic heterocycles. The van der Waals surface area contributed by atoms with Gasteiger partial charge in [-0.25, -0.2) is 4.79 Å². The molecule has 0 unspecified atom stereocenters. The maximum atomic E-state index is 12.4. The fraction of sp³-hybridized carbons (Fsp3) is 0.600. The highest BCUT2D eigenvalue weighted by Crippen LogP contribution is 2.29. The number of hydrogen-bond acceptors (Lipinski definition) is 3.